The number of phenols is 2. The number of aliphatic imine (C=N–C) groups is 1. The molecule has 0 spiro atoms. The molecule has 0 aliphatic heterocycles. The van der Waals surface area contributed by atoms with E-state index in [0.717, 1.165) is 21.8 Å². The molecule has 0 fully saturated rings. The molecule has 0 heterocycles. The van der Waals surface area contributed by atoms with Crippen LogP contribution in [0.15, 0.2) is 107 Å². The zero-order chi connectivity index (χ0) is 25.3. The standard InChI is InChI=1S/C29H27FN2O3S/c1-35-27-9-4-10-28(19-27)36-29(31-24-6-3-8-26(34)18-24)32(20-22-5-2-7-25(33)17-22)16-15-21-11-13-23(30)14-12-21/h2-14,17-19,33-34H,15-16,20H2,1H3. The molecule has 0 amide bonds. The molecule has 4 aromatic rings. The van der Waals surface area contributed by atoms with Gasteiger partial charge in [0.2, 0.25) is 0 Å². The minimum Gasteiger partial charge on any atom is -0.508 e. The summed E-state index contributed by atoms with van der Waals surface area (Å²) < 4.78 is 18.8. The normalized spacial score (nSPS) is 11.3. The fourth-order valence-electron chi connectivity index (χ4n) is 3.63. The zero-order valence-electron chi connectivity index (χ0n) is 19.8. The van der Waals surface area contributed by atoms with E-state index in [1.54, 1.807) is 49.6 Å². The summed E-state index contributed by atoms with van der Waals surface area (Å²) in [5.74, 6) is 0.795. The maximum absolute atomic E-state index is 13.4. The summed E-state index contributed by atoms with van der Waals surface area (Å²) in [5, 5.41) is 20.7. The highest BCUT2D eigenvalue weighted by atomic mass is 32.2. The molecule has 0 unspecified atom stereocenters. The molecule has 0 radical (unpaired) electrons. The van der Waals surface area contributed by atoms with Crippen molar-refractivity contribution >= 4 is 22.6 Å². The van der Waals surface area contributed by atoms with Crippen molar-refractivity contribution in [3.05, 3.63) is 114 Å². The molecular weight excluding hydrogens is 475 g/mol. The number of phenolic OH excluding ortho intramolecular Hbond substituents is 2. The SMILES string of the molecule is COc1cccc(SC(=Nc2cccc(O)c2)N(CCc2ccc(F)cc2)Cc2cccc(O)c2)c1. The number of aromatic hydroxyl groups is 2. The van der Waals surface area contributed by atoms with Crippen molar-refractivity contribution in [1.29, 1.82) is 0 Å². The number of halogens is 1. The van der Waals surface area contributed by atoms with Crippen LogP contribution >= 0.6 is 11.8 Å². The minimum absolute atomic E-state index is 0.132. The van der Waals surface area contributed by atoms with Gasteiger partial charge in [0.25, 0.3) is 0 Å². The van der Waals surface area contributed by atoms with Gasteiger partial charge < -0.3 is 19.8 Å². The van der Waals surface area contributed by atoms with Gasteiger partial charge in [0.05, 0.1) is 12.8 Å². The van der Waals surface area contributed by atoms with Crippen LogP contribution in [0.2, 0.25) is 0 Å². The summed E-state index contributed by atoms with van der Waals surface area (Å²) >= 11 is 1.48. The van der Waals surface area contributed by atoms with Gasteiger partial charge in [0.15, 0.2) is 5.17 Å². The zero-order valence-corrected chi connectivity index (χ0v) is 20.7. The summed E-state index contributed by atoms with van der Waals surface area (Å²) in [5.41, 5.74) is 2.53. The molecule has 0 aliphatic rings. The van der Waals surface area contributed by atoms with E-state index in [1.807, 2.05) is 42.5 Å². The second-order valence-corrected chi connectivity index (χ2v) is 9.20. The Morgan fingerprint density at radius 1 is 0.861 bits per heavy atom. The Morgan fingerprint density at radius 2 is 1.58 bits per heavy atom. The Hall–Kier alpha value is -3.97. The third-order valence-electron chi connectivity index (χ3n) is 5.44. The molecule has 5 nitrogen and oxygen atoms in total. The topological polar surface area (TPSA) is 65.3 Å². The van der Waals surface area contributed by atoms with E-state index >= 15 is 0 Å². The van der Waals surface area contributed by atoms with Gasteiger partial charge >= 0.3 is 0 Å². The molecule has 4 aromatic carbocycles. The van der Waals surface area contributed by atoms with Gasteiger partial charge in [-0.05, 0) is 72.1 Å². The second-order valence-electron chi connectivity index (χ2n) is 8.16. The predicted molar refractivity (Wildman–Crippen MR) is 143 cm³/mol. The van der Waals surface area contributed by atoms with Gasteiger partial charge in [-0.1, -0.05) is 48.2 Å². The average molecular weight is 503 g/mol. The summed E-state index contributed by atoms with van der Waals surface area (Å²) in [7, 11) is 1.63. The molecule has 2 N–H and O–H groups in total. The Morgan fingerprint density at radius 3 is 2.31 bits per heavy atom. The lowest BCUT2D eigenvalue weighted by molar-refractivity contribution is 0.413. The third kappa shape index (κ3) is 7.26. The molecule has 4 rings (SSSR count). The Balaban J connectivity index is 1.71. The van der Waals surface area contributed by atoms with Gasteiger partial charge in [-0.15, -0.1) is 0 Å². The molecular formula is C29H27FN2O3S. The van der Waals surface area contributed by atoms with Crippen molar-refractivity contribution in [2.24, 2.45) is 4.99 Å². The fraction of sp³-hybridized carbons (Fsp3) is 0.138. The van der Waals surface area contributed by atoms with Crippen molar-refractivity contribution in [3.8, 4) is 17.2 Å². The smallest absolute Gasteiger partial charge is 0.169 e. The van der Waals surface area contributed by atoms with Crippen LogP contribution in [-0.2, 0) is 13.0 Å². The van der Waals surface area contributed by atoms with E-state index in [9.17, 15) is 14.6 Å². The summed E-state index contributed by atoms with van der Waals surface area (Å²) in [4.78, 5) is 7.96. The second kappa shape index (κ2) is 12.1. The molecule has 0 bridgehead atoms. The van der Waals surface area contributed by atoms with Crippen LogP contribution in [0.3, 0.4) is 0 Å². The number of thioether (sulfide) groups is 1. The van der Waals surface area contributed by atoms with E-state index < -0.39 is 0 Å². The van der Waals surface area contributed by atoms with Crippen LogP contribution in [0.4, 0.5) is 10.1 Å². The van der Waals surface area contributed by atoms with Gasteiger partial charge in [-0.2, -0.15) is 0 Å². The summed E-state index contributed by atoms with van der Waals surface area (Å²) in [6.45, 7) is 1.08. The number of hydrogen-bond donors (Lipinski definition) is 2. The highest BCUT2D eigenvalue weighted by Crippen LogP contribution is 2.30. The quantitative estimate of drug-likeness (QED) is 0.158. The van der Waals surface area contributed by atoms with E-state index in [0.29, 0.717) is 30.4 Å². The number of ether oxygens (including phenoxy) is 1. The predicted octanol–water partition coefficient (Wildman–Crippen LogP) is 6.77. The summed E-state index contributed by atoms with van der Waals surface area (Å²) in [6, 6.07) is 28.1. The third-order valence-corrected chi connectivity index (χ3v) is 6.46. The molecule has 184 valence electrons. The number of methoxy groups -OCH3 is 1. The van der Waals surface area contributed by atoms with Crippen LogP contribution in [0.25, 0.3) is 0 Å². The Kier molecular flexibility index (Phi) is 8.47. The van der Waals surface area contributed by atoms with Gasteiger partial charge in [-0.25, -0.2) is 9.38 Å². The molecule has 0 atom stereocenters. The molecule has 7 heteroatoms. The number of rotatable bonds is 8. The van der Waals surface area contributed by atoms with E-state index in [4.69, 9.17) is 9.73 Å². The van der Waals surface area contributed by atoms with Crippen LogP contribution in [0.1, 0.15) is 11.1 Å². The molecule has 0 aliphatic carbocycles. The first kappa shape index (κ1) is 25.1. The first-order valence-electron chi connectivity index (χ1n) is 11.5. The first-order chi connectivity index (χ1) is 17.5. The van der Waals surface area contributed by atoms with Crippen LogP contribution in [0, 0.1) is 5.82 Å². The lowest BCUT2D eigenvalue weighted by atomic mass is 10.1. The lowest BCUT2D eigenvalue weighted by Gasteiger charge is -2.26. The highest BCUT2D eigenvalue weighted by Gasteiger charge is 2.16. The van der Waals surface area contributed by atoms with Crippen molar-refractivity contribution in [1.82, 2.24) is 4.90 Å². The Labute approximate surface area is 214 Å². The number of nitrogens with zero attached hydrogens (tertiary/aromatic N) is 2. The van der Waals surface area contributed by atoms with E-state index in [1.165, 1.54) is 23.9 Å². The highest BCUT2D eigenvalue weighted by molar-refractivity contribution is 8.13. The molecule has 36 heavy (non-hydrogen) atoms. The first-order valence-corrected chi connectivity index (χ1v) is 12.3. The monoisotopic (exact) mass is 502 g/mol. The number of amidine groups is 1. The maximum atomic E-state index is 13.4. The van der Waals surface area contributed by atoms with Crippen LogP contribution in [0.5, 0.6) is 17.2 Å². The summed E-state index contributed by atoms with van der Waals surface area (Å²) in [6.07, 6.45) is 0.664. The van der Waals surface area contributed by atoms with Gasteiger partial charge in [0.1, 0.15) is 23.1 Å². The van der Waals surface area contributed by atoms with Gasteiger partial charge in [0, 0.05) is 24.1 Å². The maximum Gasteiger partial charge on any atom is 0.169 e. The molecule has 0 saturated heterocycles. The molecule has 0 saturated carbocycles. The van der Waals surface area contributed by atoms with Crippen LogP contribution < -0.4 is 4.74 Å². The van der Waals surface area contributed by atoms with Crippen molar-refractivity contribution in [3.63, 3.8) is 0 Å². The minimum atomic E-state index is -0.268. The van der Waals surface area contributed by atoms with Crippen molar-refractivity contribution < 1.29 is 19.3 Å². The average Bonchev–Trinajstić information content (AvgIpc) is 2.87. The van der Waals surface area contributed by atoms with Crippen molar-refractivity contribution in [2.45, 2.75) is 17.9 Å². The van der Waals surface area contributed by atoms with Crippen molar-refractivity contribution in [2.75, 3.05) is 13.7 Å². The van der Waals surface area contributed by atoms with Crippen LogP contribution in [-0.4, -0.2) is 33.9 Å². The van der Waals surface area contributed by atoms with Gasteiger partial charge in [-0.3, -0.25) is 0 Å². The van der Waals surface area contributed by atoms with E-state index in [2.05, 4.69) is 4.90 Å². The molecule has 0 aromatic heterocycles. The Bertz CT molecular complexity index is 1330. The largest absolute Gasteiger partial charge is 0.508 e. The number of benzene rings is 4. The number of hydrogen-bond acceptors (Lipinski definition) is 5. The lowest BCUT2D eigenvalue weighted by Crippen LogP contribution is -2.30. The fourth-order valence-corrected chi connectivity index (χ4v) is 4.60. The van der Waals surface area contributed by atoms with E-state index in [-0.39, 0.29) is 17.3 Å².